The first-order valence-electron chi connectivity index (χ1n) is 7.07. The molecule has 3 nitrogen and oxygen atoms in total. The highest BCUT2D eigenvalue weighted by Gasteiger charge is 2.46. The molecule has 1 atom stereocenters. The van der Waals surface area contributed by atoms with Crippen LogP contribution in [0.25, 0.3) is 0 Å². The van der Waals surface area contributed by atoms with Crippen molar-refractivity contribution >= 4 is 0 Å². The summed E-state index contributed by atoms with van der Waals surface area (Å²) in [6.45, 7) is 8.87. The summed E-state index contributed by atoms with van der Waals surface area (Å²) in [7, 11) is 0. The predicted octanol–water partition coefficient (Wildman–Crippen LogP) is 1.96. The molecule has 1 aromatic heterocycles. The number of aromatic nitrogens is 1. The monoisotopic (exact) mass is 245 g/mol. The number of nitrogens with zero attached hydrogens (tertiary/aromatic N) is 2. The van der Waals surface area contributed by atoms with Gasteiger partial charge in [-0.1, -0.05) is 6.07 Å². The third-order valence-corrected chi connectivity index (χ3v) is 4.52. The Balaban J connectivity index is 1.77. The standard InChI is InChI=1S/C15H23N3/c1-12-4-3-5-14(17-12)10-18-9-8-16-11-15(18,2)13-6-7-13/h3-5,13,16H,6-11H2,1-2H3. The van der Waals surface area contributed by atoms with Crippen LogP contribution >= 0.6 is 0 Å². The fraction of sp³-hybridized carbons (Fsp3) is 0.667. The molecular weight excluding hydrogens is 222 g/mol. The SMILES string of the molecule is Cc1cccc(CN2CCNCC2(C)C2CC2)n1. The van der Waals surface area contributed by atoms with Crippen LogP contribution in [0.3, 0.4) is 0 Å². The summed E-state index contributed by atoms with van der Waals surface area (Å²) in [5.74, 6) is 0.884. The van der Waals surface area contributed by atoms with Crippen molar-refractivity contribution in [1.29, 1.82) is 0 Å². The molecule has 2 aliphatic rings. The maximum absolute atomic E-state index is 4.65. The van der Waals surface area contributed by atoms with Crippen LogP contribution in [-0.2, 0) is 6.54 Å². The lowest BCUT2D eigenvalue weighted by Gasteiger charge is -2.45. The Bertz CT molecular complexity index is 428. The Labute approximate surface area is 110 Å². The number of hydrogen-bond acceptors (Lipinski definition) is 3. The summed E-state index contributed by atoms with van der Waals surface area (Å²) >= 11 is 0. The lowest BCUT2D eigenvalue weighted by Crippen LogP contribution is -2.60. The van der Waals surface area contributed by atoms with Gasteiger partial charge in [-0.3, -0.25) is 9.88 Å². The lowest BCUT2D eigenvalue weighted by molar-refractivity contribution is 0.0473. The maximum Gasteiger partial charge on any atom is 0.0547 e. The van der Waals surface area contributed by atoms with E-state index in [2.05, 4.69) is 47.2 Å². The van der Waals surface area contributed by atoms with Crippen LogP contribution in [0.2, 0.25) is 0 Å². The van der Waals surface area contributed by atoms with Crippen molar-refractivity contribution in [3.8, 4) is 0 Å². The van der Waals surface area contributed by atoms with Gasteiger partial charge in [-0.05, 0) is 44.7 Å². The highest BCUT2D eigenvalue weighted by Crippen LogP contribution is 2.43. The van der Waals surface area contributed by atoms with E-state index in [0.29, 0.717) is 5.54 Å². The van der Waals surface area contributed by atoms with Crippen LogP contribution in [0.5, 0.6) is 0 Å². The van der Waals surface area contributed by atoms with Gasteiger partial charge in [0.05, 0.1) is 5.69 Å². The summed E-state index contributed by atoms with van der Waals surface area (Å²) < 4.78 is 0. The average Bonchev–Trinajstić information content (AvgIpc) is 3.17. The van der Waals surface area contributed by atoms with Gasteiger partial charge in [-0.25, -0.2) is 0 Å². The van der Waals surface area contributed by atoms with Gasteiger partial charge in [0.1, 0.15) is 0 Å². The lowest BCUT2D eigenvalue weighted by atomic mass is 9.91. The van der Waals surface area contributed by atoms with E-state index in [1.807, 2.05) is 0 Å². The van der Waals surface area contributed by atoms with Crippen LogP contribution < -0.4 is 5.32 Å². The average molecular weight is 245 g/mol. The van der Waals surface area contributed by atoms with E-state index in [-0.39, 0.29) is 0 Å². The molecule has 1 aliphatic carbocycles. The minimum absolute atomic E-state index is 0.337. The minimum Gasteiger partial charge on any atom is -0.314 e. The van der Waals surface area contributed by atoms with E-state index in [1.165, 1.54) is 18.5 Å². The van der Waals surface area contributed by atoms with Gasteiger partial charge in [-0.15, -0.1) is 0 Å². The molecule has 3 heteroatoms. The molecule has 1 saturated carbocycles. The molecule has 1 aromatic rings. The Morgan fingerprint density at radius 3 is 3.00 bits per heavy atom. The van der Waals surface area contributed by atoms with Crippen LogP contribution in [-0.4, -0.2) is 35.1 Å². The van der Waals surface area contributed by atoms with Crippen LogP contribution in [0, 0.1) is 12.8 Å². The minimum atomic E-state index is 0.337. The van der Waals surface area contributed by atoms with Gasteiger partial charge in [0, 0.05) is 37.4 Å². The fourth-order valence-electron chi connectivity index (χ4n) is 3.17. The smallest absolute Gasteiger partial charge is 0.0547 e. The second-order valence-electron chi connectivity index (χ2n) is 6.00. The molecule has 0 radical (unpaired) electrons. The van der Waals surface area contributed by atoms with E-state index < -0.39 is 0 Å². The maximum atomic E-state index is 4.65. The first kappa shape index (κ1) is 12.1. The van der Waals surface area contributed by atoms with Gasteiger partial charge in [0.25, 0.3) is 0 Å². The summed E-state index contributed by atoms with van der Waals surface area (Å²) in [6.07, 6.45) is 2.80. The van der Waals surface area contributed by atoms with Crippen LogP contribution in [0.1, 0.15) is 31.2 Å². The second-order valence-corrected chi connectivity index (χ2v) is 6.00. The highest BCUT2D eigenvalue weighted by atomic mass is 15.3. The zero-order chi connectivity index (χ0) is 12.6. The zero-order valence-electron chi connectivity index (χ0n) is 11.4. The summed E-state index contributed by atoms with van der Waals surface area (Å²) in [4.78, 5) is 7.29. The molecule has 18 heavy (non-hydrogen) atoms. The summed E-state index contributed by atoms with van der Waals surface area (Å²) in [6, 6.07) is 6.35. The molecule has 1 aliphatic heterocycles. The quantitative estimate of drug-likeness (QED) is 0.882. The molecule has 0 spiro atoms. The number of aryl methyl sites for hydroxylation is 1. The van der Waals surface area contributed by atoms with Gasteiger partial charge in [0.15, 0.2) is 0 Å². The van der Waals surface area contributed by atoms with Crippen molar-refractivity contribution in [3.63, 3.8) is 0 Å². The van der Waals surface area contributed by atoms with Crippen molar-refractivity contribution in [2.24, 2.45) is 5.92 Å². The first-order valence-corrected chi connectivity index (χ1v) is 7.07. The molecule has 2 fully saturated rings. The first-order chi connectivity index (χ1) is 8.68. The van der Waals surface area contributed by atoms with E-state index in [1.54, 1.807) is 0 Å². The van der Waals surface area contributed by atoms with Gasteiger partial charge in [-0.2, -0.15) is 0 Å². The van der Waals surface area contributed by atoms with E-state index in [4.69, 9.17) is 0 Å². The van der Waals surface area contributed by atoms with E-state index in [0.717, 1.165) is 37.8 Å². The summed E-state index contributed by atoms with van der Waals surface area (Å²) in [5, 5.41) is 3.56. The number of nitrogens with one attached hydrogen (secondary N) is 1. The molecule has 3 rings (SSSR count). The summed E-state index contributed by atoms with van der Waals surface area (Å²) in [5.41, 5.74) is 2.67. The topological polar surface area (TPSA) is 28.2 Å². The number of piperazine rings is 1. The molecule has 1 unspecified atom stereocenters. The van der Waals surface area contributed by atoms with Crippen molar-refractivity contribution in [2.45, 2.75) is 38.8 Å². The van der Waals surface area contributed by atoms with Crippen molar-refractivity contribution in [3.05, 3.63) is 29.6 Å². The third kappa shape index (κ3) is 2.29. The van der Waals surface area contributed by atoms with E-state index >= 15 is 0 Å². The van der Waals surface area contributed by atoms with Gasteiger partial charge >= 0.3 is 0 Å². The van der Waals surface area contributed by atoms with Crippen LogP contribution in [0.15, 0.2) is 18.2 Å². The molecule has 2 heterocycles. The molecule has 98 valence electrons. The molecule has 0 aromatic carbocycles. The third-order valence-electron chi connectivity index (χ3n) is 4.52. The Kier molecular flexibility index (Phi) is 3.12. The fourth-order valence-corrected chi connectivity index (χ4v) is 3.17. The van der Waals surface area contributed by atoms with E-state index in [9.17, 15) is 0 Å². The van der Waals surface area contributed by atoms with Crippen molar-refractivity contribution in [2.75, 3.05) is 19.6 Å². The molecular formula is C15H23N3. The van der Waals surface area contributed by atoms with Crippen molar-refractivity contribution in [1.82, 2.24) is 15.2 Å². The molecule has 0 bridgehead atoms. The van der Waals surface area contributed by atoms with Gasteiger partial charge < -0.3 is 5.32 Å². The molecule has 1 saturated heterocycles. The predicted molar refractivity (Wildman–Crippen MR) is 73.4 cm³/mol. The largest absolute Gasteiger partial charge is 0.314 e. The zero-order valence-corrected chi connectivity index (χ0v) is 11.4. The number of rotatable bonds is 3. The number of pyridine rings is 1. The van der Waals surface area contributed by atoms with Gasteiger partial charge in [0.2, 0.25) is 0 Å². The number of hydrogen-bond donors (Lipinski definition) is 1. The molecule has 0 amide bonds. The Morgan fingerprint density at radius 2 is 2.28 bits per heavy atom. The van der Waals surface area contributed by atoms with Crippen molar-refractivity contribution < 1.29 is 0 Å². The van der Waals surface area contributed by atoms with Crippen LogP contribution in [0.4, 0.5) is 0 Å². The Hall–Kier alpha value is -0.930. The molecule has 1 N–H and O–H groups in total. The highest BCUT2D eigenvalue weighted by molar-refractivity contribution is 5.12. The second kappa shape index (κ2) is 4.63. The Morgan fingerprint density at radius 1 is 1.44 bits per heavy atom. The normalized spacial score (nSPS) is 29.4.